The zero-order chi connectivity index (χ0) is 25.9. The number of esters is 1. The number of hydrogen-bond acceptors (Lipinski definition) is 5. The molecule has 0 radical (unpaired) electrons. The number of nitrogens with zero attached hydrogens (tertiary/aromatic N) is 1. The van der Waals surface area contributed by atoms with Gasteiger partial charge in [0.25, 0.3) is 5.91 Å². The number of nitrogens with one attached hydrogen (secondary N) is 2. The van der Waals surface area contributed by atoms with Crippen molar-refractivity contribution in [3.8, 4) is 16.9 Å². The molecule has 7 nitrogen and oxygen atoms in total. The molecule has 0 aliphatic rings. The quantitative estimate of drug-likeness (QED) is 0.115. The summed E-state index contributed by atoms with van der Waals surface area (Å²) in [6.45, 7) is 4.00. The maximum absolute atomic E-state index is 13.3. The Labute approximate surface area is 217 Å². The van der Waals surface area contributed by atoms with Crippen molar-refractivity contribution in [3.05, 3.63) is 112 Å². The van der Waals surface area contributed by atoms with Gasteiger partial charge in [-0.3, -0.25) is 4.79 Å². The number of para-hydroxylation sites is 1. The Hall–Kier alpha value is -4.62. The molecule has 2 heterocycles. The van der Waals surface area contributed by atoms with Crippen molar-refractivity contribution in [2.45, 2.75) is 13.8 Å². The standard InChI is InChI=1S/C29H22ClN3O4/c1-17-14-18(2)26-21(15-17)25(20-9-4-5-10-22(20)30)27(32-26)28(34)33-31-16-19-8-3-6-11-23(19)37-29(35)24-12-7-13-36-24/h3-16,32H,1-2H3,(H,33,34). The Morgan fingerprint density at radius 3 is 2.59 bits per heavy atom. The van der Waals surface area contributed by atoms with Crippen molar-refractivity contribution in [2.75, 3.05) is 0 Å². The molecule has 2 N–H and O–H groups in total. The molecule has 0 saturated heterocycles. The van der Waals surface area contributed by atoms with Crippen LogP contribution in [-0.2, 0) is 0 Å². The Balaban J connectivity index is 1.45. The van der Waals surface area contributed by atoms with E-state index >= 15 is 0 Å². The maximum Gasteiger partial charge on any atom is 0.379 e. The number of ether oxygens (including phenoxy) is 1. The van der Waals surface area contributed by atoms with Crippen LogP contribution in [0.25, 0.3) is 22.0 Å². The number of hydrogen-bond donors (Lipinski definition) is 2. The van der Waals surface area contributed by atoms with E-state index in [0.717, 1.165) is 27.6 Å². The minimum atomic E-state index is -0.636. The molecule has 0 fully saturated rings. The monoisotopic (exact) mass is 511 g/mol. The number of halogens is 1. The van der Waals surface area contributed by atoms with Gasteiger partial charge < -0.3 is 14.1 Å². The molecule has 3 aromatic carbocycles. The third-order valence-electron chi connectivity index (χ3n) is 5.83. The third-order valence-corrected chi connectivity index (χ3v) is 6.16. The van der Waals surface area contributed by atoms with E-state index in [1.165, 1.54) is 18.5 Å². The average molecular weight is 512 g/mol. The van der Waals surface area contributed by atoms with Crippen molar-refractivity contribution in [2.24, 2.45) is 5.10 Å². The van der Waals surface area contributed by atoms with Crippen molar-refractivity contribution in [3.63, 3.8) is 0 Å². The number of fused-ring (bicyclic) bond motifs is 1. The molecule has 1 amide bonds. The molecular formula is C29H22ClN3O4. The van der Waals surface area contributed by atoms with E-state index in [1.807, 2.05) is 38.1 Å². The van der Waals surface area contributed by atoms with Crippen LogP contribution in [0, 0.1) is 13.8 Å². The van der Waals surface area contributed by atoms with Crippen LogP contribution in [0.3, 0.4) is 0 Å². The second-order valence-corrected chi connectivity index (χ2v) is 8.87. The molecule has 0 unspecified atom stereocenters. The van der Waals surface area contributed by atoms with Gasteiger partial charge in [0.1, 0.15) is 11.4 Å². The molecule has 5 rings (SSSR count). The zero-order valence-electron chi connectivity index (χ0n) is 20.0. The summed E-state index contributed by atoms with van der Waals surface area (Å²) in [6, 6.07) is 21.4. The summed E-state index contributed by atoms with van der Waals surface area (Å²) >= 11 is 6.53. The van der Waals surface area contributed by atoms with Gasteiger partial charge in [-0.1, -0.05) is 53.6 Å². The first-order valence-electron chi connectivity index (χ1n) is 11.5. The highest BCUT2D eigenvalue weighted by atomic mass is 35.5. The van der Waals surface area contributed by atoms with Crippen LogP contribution in [0.1, 0.15) is 37.7 Å². The lowest BCUT2D eigenvalue weighted by Crippen LogP contribution is -2.19. The molecule has 5 aromatic rings. The summed E-state index contributed by atoms with van der Waals surface area (Å²) in [5.41, 5.74) is 7.79. The third kappa shape index (κ3) is 4.90. The highest BCUT2D eigenvalue weighted by Gasteiger charge is 2.22. The number of aromatic nitrogens is 1. The fourth-order valence-corrected chi connectivity index (χ4v) is 4.44. The minimum Gasteiger partial charge on any atom is -0.457 e. The van der Waals surface area contributed by atoms with Gasteiger partial charge >= 0.3 is 5.97 Å². The van der Waals surface area contributed by atoms with E-state index in [0.29, 0.717) is 21.8 Å². The Morgan fingerprint density at radius 2 is 1.81 bits per heavy atom. The molecule has 0 atom stereocenters. The number of hydrazone groups is 1. The molecule has 184 valence electrons. The lowest BCUT2D eigenvalue weighted by molar-refractivity contribution is 0.0701. The largest absolute Gasteiger partial charge is 0.457 e. The first-order chi connectivity index (χ1) is 17.9. The van der Waals surface area contributed by atoms with Gasteiger partial charge in [0.15, 0.2) is 0 Å². The fourth-order valence-electron chi connectivity index (χ4n) is 4.21. The van der Waals surface area contributed by atoms with Crippen molar-refractivity contribution in [1.82, 2.24) is 10.4 Å². The zero-order valence-corrected chi connectivity index (χ0v) is 20.8. The summed E-state index contributed by atoms with van der Waals surface area (Å²) in [7, 11) is 0. The number of carbonyl (C=O) groups is 2. The number of amides is 1. The lowest BCUT2D eigenvalue weighted by atomic mass is 9.99. The second kappa shape index (κ2) is 10.2. The Kier molecular flexibility index (Phi) is 6.62. The summed E-state index contributed by atoms with van der Waals surface area (Å²) in [5.74, 6) is -0.723. The average Bonchev–Trinajstić information content (AvgIpc) is 3.54. The maximum atomic E-state index is 13.3. The molecule has 0 aliphatic carbocycles. The summed E-state index contributed by atoms with van der Waals surface area (Å²) in [5, 5.41) is 5.56. The van der Waals surface area contributed by atoms with Crippen molar-refractivity contribution < 1.29 is 18.7 Å². The summed E-state index contributed by atoms with van der Waals surface area (Å²) < 4.78 is 10.5. The van der Waals surface area contributed by atoms with Crippen LogP contribution >= 0.6 is 11.6 Å². The van der Waals surface area contributed by atoms with Crippen LogP contribution in [-0.4, -0.2) is 23.1 Å². The number of benzene rings is 3. The first-order valence-corrected chi connectivity index (χ1v) is 11.9. The minimum absolute atomic E-state index is 0.0801. The van der Waals surface area contributed by atoms with Crippen LogP contribution < -0.4 is 10.2 Å². The van der Waals surface area contributed by atoms with E-state index in [1.54, 1.807) is 36.4 Å². The Morgan fingerprint density at radius 1 is 1.03 bits per heavy atom. The van der Waals surface area contributed by atoms with E-state index in [2.05, 4.69) is 21.6 Å². The van der Waals surface area contributed by atoms with Crippen molar-refractivity contribution in [1.29, 1.82) is 0 Å². The second-order valence-electron chi connectivity index (χ2n) is 8.46. The van der Waals surface area contributed by atoms with Gasteiger partial charge in [0, 0.05) is 32.6 Å². The lowest BCUT2D eigenvalue weighted by Gasteiger charge is -2.07. The number of rotatable bonds is 6. The number of aryl methyl sites for hydroxylation is 2. The number of aromatic amines is 1. The highest BCUT2D eigenvalue weighted by Crippen LogP contribution is 2.38. The molecule has 2 aromatic heterocycles. The fraction of sp³-hybridized carbons (Fsp3) is 0.0690. The van der Waals surface area contributed by atoms with Crippen molar-refractivity contribution >= 4 is 40.6 Å². The first kappa shape index (κ1) is 24.1. The van der Waals surface area contributed by atoms with Gasteiger partial charge in [-0.25, -0.2) is 10.2 Å². The molecule has 37 heavy (non-hydrogen) atoms. The molecule has 0 aliphatic heterocycles. The van der Waals surface area contributed by atoms with Gasteiger partial charge in [0.05, 0.1) is 12.5 Å². The Bertz CT molecular complexity index is 1650. The van der Waals surface area contributed by atoms with E-state index in [9.17, 15) is 9.59 Å². The molecular weight excluding hydrogens is 490 g/mol. The SMILES string of the molecule is Cc1cc(C)c2[nH]c(C(=O)NN=Cc3ccccc3OC(=O)c3ccco3)c(-c3ccccc3Cl)c2c1. The van der Waals surface area contributed by atoms with Crippen LogP contribution in [0.4, 0.5) is 0 Å². The highest BCUT2D eigenvalue weighted by molar-refractivity contribution is 6.34. The van der Waals surface area contributed by atoms with E-state index in [4.69, 9.17) is 20.8 Å². The summed E-state index contributed by atoms with van der Waals surface area (Å²) in [4.78, 5) is 28.9. The molecule has 0 spiro atoms. The molecule has 0 saturated carbocycles. The summed E-state index contributed by atoms with van der Waals surface area (Å²) in [6.07, 6.45) is 2.80. The van der Waals surface area contributed by atoms with Crippen LogP contribution in [0.5, 0.6) is 5.75 Å². The number of H-pyrrole nitrogens is 1. The van der Waals surface area contributed by atoms with Gasteiger partial charge in [-0.15, -0.1) is 0 Å². The van der Waals surface area contributed by atoms with Crippen LogP contribution in [0.15, 0.2) is 88.6 Å². The molecule has 0 bridgehead atoms. The predicted octanol–water partition coefficient (Wildman–Crippen LogP) is 6.68. The van der Waals surface area contributed by atoms with E-state index < -0.39 is 11.9 Å². The molecule has 8 heteroatoms. The number of furan rings is 1. The number of carbonyl (C=O) groups excluding carboxylic acids is 2. The van der Waals surface area contributed by atoms with Crippen LogP contribution in [0.2, 0.25) is 5.02 Å². The van der Waals surface area contributed by atoms with Gasteiger partial charge in [-0.05, 0) is 55.8 Å². The predicted molar refractivity (Wildman–Crippen MR) is 143 cm³/mol. The van der Waals surface area contributed by atoms with Gasteiger partial charge in [0.2, 0.25) is 5.76 Å². The smallest absolute Gasteiger partial charge is 0.379 e. The topological polar surface area (TPSA) is 96.7 Å². The normalized spacial score (nSPS) is 11.2. The van der Waals surface area contributed by atoms with Gasteiger partial charge in [-0.2, -0.15) is 5.10 Å². The van der Waals surface area contributed by atoms with E-state index in [-0.39, 0.29) is 11.5 Å².